The van der Waals surface area contributed by atoms with Crippen LogP contribution in [0.2, 0.25) is 0 Å². The molecule has 0 saturated heterocycles. The number of aryl methyl sites for hydroxylation is 1. The molecule has 0 unspecified atom stereocenters. The summed E-state index contributed by atoms with van der Waals surface area (Å²) < 4.78 is 1.25. The molecule has 1 aromatic carbocycles. The second kappa shape index (κ2) is 9.37. The van der Waals surface area contributed by atoms with Crippen LogP contribution in [0.3, 0.4) is 0 Å². The van der Waals surface area contributed by atoms with Gasteiger partial charge in [0.2, 0.25) is 5.91 Å². The molecule has 1 amide bonds. The Morgan fingerprint density at radius 2 is 2.00 bits per heavy atom. The van der Waals surface area contributed by atoms with Crippen molar-refractivity contribution in [3.63, 3.8) is 0 Å². The van der Waals surface area contributed by atoms with Crippen molar-refractivity contribution in [1.82, 2.24) is 20.5 Å². The van der Waals surface area contributed by atoms with Crippen LogP contribution >= 0.6 is 11.3 Å². The Morgan fingerprint density at radius 3 is 2.68 bits per heavy atom. The number of benzene rings is 1. The Hall–Kier alpha value is -2.15. The molecule has 0 radical (unpaired) electrons. The van der Waals surface area contributed by atoms with E-state index in [1.165, 1.54) is 9.71 Å². The largest absolute Gasteiger partial charge is 0.356 e. The number of aliphatic imine (C=N–C) groups is 1. The number of guanidine groups is 1. The smallest absolute Gasteiger partial charge is 0.230 e. The van der Waals surface area contributed by atoms with Crippen LogP contribution in [0.25, 0.3) is 10.2 Å². The molecule has 7 heteroatoms. The Kier molecular flexibility index (Phi) is 6.88. The molecule has 2 N–H and O–H groups in total. The normalized spacial score (nSPS) is 16.3. The van der Waals surface area contributed by atoms with Crippen molar-refractivity contribution in [2.75, 3.05) is 34.2 Å². The molecule has 1 aromatic heterocycles. The van der Waals surface area contributed by atoms with Gasteiger partial charge in [0.05, 0.1) is 20.6 Å². The summed E-state index contributed by atoms with van der Waals surface area (Å²) in [7, 11) is 5.47. The van der Waals surface area contributed by atoms with E-state index in [1.54, 1.807) is 23.3 Å². The predicted octanol–water partition coefficient (Wildman–Crippen LogP) is 3.04. The molecular weight excluding hydrogens is 370 g/mol. The SMILES string of the molecule is CN=C(NCCCc1nc2ccccc2s1)NCC1(C(=O)N(C)C)CCCC1. The number of thiazole rings is 1. The summed E-state index contributed by atoms with van der Waals surface area (Å²) in [6, 6.07) is 8.27. The van der Waals surface area contributed by atoms with E-state index in [0.29, 0.717) is 6.54 Å². The van der Waals surface area contributed by atoms with E-state index in [0.717, 1.165) is 56.5 Å². The van der Waals surface area contributed by atoms with E-state index in [2.05, 4.69) is 38.8 Å². The lowest BCUT2D eigenvalue weighted by Crippen LogP contribution is -2.49. The van der Waals surface area contributed by atoms with Crippen molar-refractivity contribution in [3.05, 3.63) is 29.3 Å². The highest BCUT2D eigenvalue weighted by Gasteiger charge is 2.42. The lowest BCUT2D eigenvalue weighted by atomic mass is 9.84. The van der Waals surface area contributed by atoms with Gasteiger partial charge >= 0.3 is 0 Å². The first-order chi connectivity index (χ1) is 13.5. The molecule has 152 valence electrons. The van der Waals surface area contributed by atoms with Gasteiger partial charge in [-0.25, -0.2) is 4.98 Å². The molecule has 1 fully saturated rings. The van der Waals surface area contributed by atoms with Crippen LogP contribution in [0.4, 0.5) is 0 Å². The predicted molar refractivity (Wildman–Crippen MR) is 117 cm³/mol. The average Bonchev–Trinajstić information content (AvgIpc) is 3.34. The molecule has 0 bridgehead atoms. The van der Waals surface area contributed by atoms with Crippen molar-refractivity contribution in [3.8, 4) is 0 Å². The minimum Gasteiger partial charge on any atom is -0.356 e. The van der Waals surface area contributed by atoms with Crippen molar-refractivity contribution < 1.29 is 4.79 Å². The molecule has 1 saturated carbocycles. The second-order valence-corrected chi connectivity index (χ2v) is 8.83. The van der Waals surface area contributed by atoms with E-state index in [1.807, 2.05) is 20.2 Å². The number of para-hydroxylation sites is 1. The molecule has 0 aliphatic heterocycles. The average molecular weight is 402 g/mol. The quantitative estimate of drug-likeness (QED) is 0.425. The molecule has 0 atom stereocenters. The Balaban J connectivity index is 1.46. The number of nitrogens with one attached hydrogen (secondary N) is 2. The van der Waals surface area contributed by atoms with Crippen molar-refractivity contribution in [2.45, 2.75) is 38.5 Å². The lowest BCUT2D eigenvalue weighted by Gasteiger charge is -2.31. The Labute approximate surface area is 171 Å². The number of fused-ring (bicyclic) bond motifs is 1. The third kappa shape index (κ3) is 4.82. The van der Waals surface area contributed by atoms with Gasteiger partial charge in [-0.15, -0.1) is 11.3 Å². The zero-order chi connectivity index (χ0) is 20.0. The van der Waals surface area contributed by atoms with Gasteiger partial charge in [-0.2, -0.15) is 0 Å². The number of hydrogen-bond donors (Lipinski definition) is 2. The molecule has 0 spiro atoms. The van der Waals surface area contributed by atoms with Gasteiger partial charge in [-0.3, -0.25) is 9.79 Å². The third-order valence-corrected chi connectivity index (χ3v) is 6.53. The van der Waals surface area contributed by atoms with Gasteiger partial charge in [-0.05, 0) is 31.4 Å². The molecule has 6 nitrogen and oxygen atoms in total. The number of nitrogens with zero attached hydrogens (tertiary/aromatic N) is 3. The summed E-state index contributed by atoms with van der Waals surface area (Å²) in [6.07, 6.45) is 6.08. The Bertz CT molecular complexity index is 790. The lowest BCUT2D eigenvalue weighted by molar-refractivity contribution is -0.138. The van der Waals surface area contributed by atoms with Crippen LogP contribution < -0.4 is 10.6 Å². The third-order valence-electron chi connectivity index (χ3n) is 5.44. The van der Waals surface area contributed by atoms with E-state index in [4.69, 9.17) is 0 Å². The molecule has 1 aliphatic carbocycles. The molecular formula is C21H31N5OS. The fraction of sp³-hybridized carbons (Fsp3) is 0.571. The first-order valence-electron chi connectivity index (χ1n) is 10.0. The van der Waals surface area contributed by atoms with Crippen LogP contribution in [0, 0.1) is 5.41 Å². The summed E-state index contributed by atoms with van der Waals surface area (Å²) >= 11 is 1.77. The fourth-order valence-corrected chi connectivity index (χ4v) is 4.95. The van der Waals surface area contributed by atoms with Gasteiger partial charge in [0.15, 0.2) is 5.96 Å². The summed E-state index contributed by atoms with van der Waals surface area (Å²) in [5.74, 6) is 0.992. The van der Waals surface area contributed by atoms with Crippen LogP contribution in [0.1, 0.15) is 37.1 Å². The standard InChI is InChI=1S/C21H31N5OS/c1-22-20(24-15-21(12-6-7-13-21)19(27)26(2)3)23-14-8-11-18-25-16-9-4-5-10-17(16)28-18/h4-5,9-10H,6-8,11-15H2,1-3H3,(H2,22,23,24). The first kappa shape index (κ1) is 20.6. The molecule has 1 heterocycles. The van der Waals surface area contributed by atoms with Gasteiger partial charge < -0.3 is 15.5 Å². The van der Waals surface area contributed by atoms with Crippen LogP contribution in [-0.4, -0.2) is 56.0 Å². The zero-order valence-electron chi connectivity index (χ0n) is 17.1. The summed E-state index contributed by atoms with van der Waals surface area (Å²) in [4.78, 5) is 23.4. The van der Waals surface area contributed by atoms with E-state index in [-0.39, 0.29) is 11.3 Å². The minimum atomic E-state index is -0.290. The number of hydrogen-bond acceptors (Lipinski definition) is 4. The van der Waals surface area contributed by atoms with Gasteiger partial charge in [0.1, 0.15) is 0 Å². The fourth-order valence-electron chi connectivity index (χ4n) is 3.94. The summed E-state index contributed by atoms with van der Waals surface area (Å²) in [6.45, 7) is 1.46. The highest BCUT2D eigenvalue weighted by Crippen LogP contribution is 2.38. The maximum atomic E-state index is 12.7. The highest BCUT2D eigenvalue weighted by molar-refractivity contribution is 7.18. The van der Waals surface area contributed by atoms with Crippen LogP contribution in [0.15, 0.2) is 29.3 Å². The van der Waals surface area contributed by atoms with Crippen molar-refractivity contribution in [2.24, 2.45) is 10.4 Å². The van der Waals surface area contributed by atoms with Crippen molar-refractivity contribution >= 4 is 33.4 Å². The summed E-state index contributed by atoms with van der Waals surface area (Å²) in [5.41, 5.74) is 0.794. The van der Waals surface area contributed by atoms with Gasteiger partial charge in [0, 0.05) is 40.7 Å². The Morgan fingerprint density at radius 1 is 1.25 bits per heavy atom. The van der Waals surface area contributed by atoms with Crippen LogP contribution in [-0.2, 0) is 11.2 Å². The van der Waals surface area contributed by atoms with E-state index in [9.17, 15) is 4.79 Å². The minimum absolute atomic E-state index is 0.226. The number of carbonyl (C=O) groups is 1. The van der Waals surface area contributed by atoms with Crippen LogP contribution in [0.5, 0.6) is 0 Å². The molecule has 1 aliphatic rings. The topological polar surface area (TPSA) is 69.6 Å². The number of rotatable bonds is 7. The monoisotopic (exact) mass is 401 g/mol. The number of aromatic nitrogens is 1. The summed E-state index contributed by atoms with van der Waals surface area (Å²) in [5, 5.41) is 7.93. The van der Waals surface area contributed by atoms with Crippen molar-refractivity contribution in [1.29, 1.82) is 0 Å². The highest BCUT2D eigenvalue weighted by atomic mass is 32.1. The number of carbonyl (C=O) groups excluding carboxylic acids is 1. The molecule has 2 aromatic rings. The maximum absolute atomic E-state index is 12.7. The molecule has 28 heavy (non-hydrogen) atoms. The first-order valence-corrected chi connectivity index (χ1v) is 10.9. The van der Waals surface area contributed by atoms with E-state index < -0.39 is 0 Å². The molecule has 3 rings (SSSR count). The maximum Gasteiger partial charge on any atom is 0.230 e. The van der Waals surface area contributed by atoms with E-state index >= 15 is 0 Å². The van der Waals surface area contributed by atoms with Gasteiger partial charge in [0.25, 0.3) is 0 Å². The number of amides is 1. The second-order valence-electron chi connectivity index (χ2n) is 7.72. The zero-order valence-corrected chi connectivity index (χ0v) is 17.9. The van der Waals surface area contributed by atoms with Gasteiger partial charge in [-0.1, -0.05) is 25.0 Å².